The van der Waals surface area contributed by atoms with E-state index in [4.69, 9.17) is 10.7 Å². The Morgan fingerprint density at radius 3 is 2.48 bits per heavy atom. The molecular formula is C27H35N3O. The molecule has 1 aliphatic carbocycles. The minimum absolute atomic E-state index is 0.343. The quantitative estimate of drug-likeness (QED) is 0.483. The molecule has 1 saturated carbocycles. The summed E-state index contributed by atoms with van der Waals surface area (Å²) < 4.78 is 2.48. The van der Waals surface area contributed by atoms with E-state index in [1.54, 1.807) is 0 Å². The van der Waals surface area contributed by atoms with Gasteiger partial charge in [-0.1, -0.05) is 69.7 Å². The molecule has 0 aliphatic heterocycles. The summed E-state index contributed by atoms with van der Waals surface area (Å²) in [6.45, 7) is 4.30. The van der Waals surface area contributed by atoms with Gasteiger partial charge in [-0.25, -0.2) is 4.98 Å². The maximum absolute atomic E-state index is 12.7. The average Bonchev–Trinajstić information content (AvgIpc) is 3.04. The fourth-order valence-corrected chi connectivity index (χ4v) is 5.33. The summed E-state index contributed by atoms with van der Waals surface area (Å²) in [5, 5.41) is 1.11. The molecule has 2 heterocycles. The molecule has 1 aromatic carbocycles. The summed E-state index contributed by atoms with van der Waals surface area (Å²) >= 11 is 0. The summed E-state index contributed by atoms with van der Waals surface area (Å²) in [7, 11) is 0. The highest BCUT2D eigenvalue weighted by atomic mass is 16.1. The zero-order valence-corrected chi connectivity index (χ0v) is 19.0. The van der Waals surface area contributed by atoms with Crippen molar-refractivity contribution in [3.05, 3.63) is 53.3 Å². The number of hydrogen-bond donors (Lipinski definition) is 1. The third-order valence-corrected chi connectivity index (χ3v) is 6.86. The zero-order valence-electron chi connectivity index (χ0n) is 19.0. The summed E-state index contributed by atoms with van der Waals surface area (Å²) in [6, 6.07) is 12.8. The van der Waals surface area contributed by atoms with E-state index >= 15 is 0 Å². The van der Waals surface area contributed by atoms with Gasteiger partial charge in [0.2, 0.25) is 0 Å². The van der Waals surface area contributed by atoms with Gasteiger partial charge in [0.1, 0.15) is 0 Å². The van der Waals surface area contributed by atoms with Crippen molar-refractivity contribution in [2.24, 2.45) is 5.73 Å². The van der Waals surface area contributed by atoms with E-state index in [1.165, 1.54) is 50.6 Å². The van der Waals surface area contributed by atoms with Gasteiger partial charge < -0.3 is 10.3 Å². The van der Waals surface area contributed by atoms with Crippen LogP contribution >= 0.6 is 0 Å². The van der Waals surface area contributed by atoms with E-state index in [9.17, 15) is 4.79 Å². The first-order chi connectivity index (χ1) is 15.1. The van der Waals surface area contributed by atoms with Crippen LogP contribution in [0.5, 0.6) is 0 Å². The molecule has 4 heteroatoms. The summed E-state index contributed by atoms with van der Waals surface area (Å²) in [5.74, 6) is -0.343. The minimum Gasteiger partial charge on any atom is -0.366 e. The van der Waals surface area contributed by atoms with Crippen LogP contribution < -0.4 is 5.73 Å². The van der Waals surface area contributed by atoms with Gasteiger partial charge in [0.05, 0.1) is 16.8 Å². The molecule has 1 fully saturated rings. The van der Waals surface area contributed by atoms with Crippen LogP contribution in [-0.2, 0) is 6.42 Å². The third-order valence-electron chi connectivity index (χ3n) is 6.86. The van der Waals surface area contributed by atoms with Crippen LogP contribution in [0.15, 0.2) is 36.4 Å². The van der Waals surface area contributed by atoms with Gasteiger partial charge >= 0.3 is 0 Å². The molecule has 0 saturated heterocycles. The molecule has 2 N–H and O–H groups in total. The number of nitrogens with two attached hydrogens (primary N) is 1. The van der Waals surface area contributed by atoms with Crippen LogP contribution in [0.2, 0.25) is 0 Å². The standard InChI is InChI=1S/C27H35N3O/c1-3-4-16-24-26(23-18-17-20-12-10-11-15-22(20)29-23)25(27(28)31)19(2)30(24)21-13-8-6-5-7-9-14-21/h10-12,15,17-18,21H,3-9,13-14,16H2,1-2H3,(H2,28,31). The molecule has 1 amide bonds. The molecule has 164 valence electrons. The Morgan fingerprint density at radius 1 is 1.06 bits per heavy atom. The fourth-order valence-electron chi connectivity index (χ4n) is 5.33. The van der Waals surface area contributed by atoms with Crippen molar-refractivity contribution in [3.63, 3.8) is 0 Å². The molecule has 4 nitrogen and oxygen atoms in total. The summed E-state index contributed by atoms with van der Waals surface area (Å²) in [6.07, 6.45) is 12.0. The zero-order chi connectivity index (χ0) is 21.8. The van der Waals surface area contributed by atoms with E-state index in [2.05, 4.69) is 36.6 Å². The smallest absolute Gasteiger partial charge is 0.251 e. The predicted molar refractivity (Wildman–Crippen MR) is 128 cm³/mol. The van der Waals surface area contributed by atoms with E-state index in [-0.39, 0.29) is 5.91 Å². The summed E-state index contributed by atoms with van der Waals surface area (Å²) in [5.41, 5.74) is 11.7. The Balaban J connectivity index is 1.92. The SMILES string of the molecule is CCCCc1c(-c2ccc3ccccc3n2)c(C(N)=O)c(C)n1C1CCCCCCC1. The Hall–Kier alpha value is -2.62. The molecule has 3 aromatic rings. The number of fused-ring (bicyclic) bond motifs is 1. The maximum atomic E-state index is 12.7. The lowest BCUT2D eigenvalue weighted by Crippen LogP contribution is -2.17. The van der Waals surface area contributed by atoms with Crippen molar-refractivity contribution in [1.82, 2.24) is 9.55 Å². The number of benzene rings is 1. The van der Waals surface area contributed by atoms with Gasteiger partial charge in [0.25, 0.3) is 5.91 Å². The molecule has 0 bridgehead atoms. The van der Waals surface area contributed by atoms with Gasteiger partial charge in [0.15, 0.2) is 0 Å². The molecule has 0 spiro atoms. The predicted octanol–water partition coefficient (Wildman–Crippen LogP) is 6.74. The van der Waals surface area contributed by atoms with Gasteiger partial charge in [-0.3, -0.25) is 4.79 Å². The van der Waals surface area contributed by atoms with Crippen molar-refractivity contribution in [2.45, 2.75) is 84.1 Å². The second-order valence-corrected chi connectivity index (χ2v) is 9.01. The van der Waals surface area contributed by atoms with Crippen molar-refractivity contribution in [3.8, 4) is 11.3 Å². The second-order valence-electron chi connectivity index (χ2n) is 9.01. The normalized spacial score (nSPS) is 15.7. The van der Waals surface area contributed by atoms with Crippen molar-refractivity contribution >= 4 is 16.8 Å². The van der Waals surface area contributed by atoms with Crippen LogP contribution in [0.1, 0.15) is 92.5 Å². The molecule has 0 atom stereocenters. The number of hydrogen-bond acceptors (Lipinski definition) is 2. The van der Waals surface area contributed by atoms with E-state index < -0.39 is 0 Å². The van der Waals surface area contributed by atoms with E-state index in [1.807, 2.05) is 18.2 Å². The number of amides is 1. The highest BCUT2D eigenvalue weighted by Crippen LogP contribution is 2.38. The number of nitrogens with zero attached hydrogens (tertiary/aromatic N) is 2. The minimum atomic E-state index is -0.343. The Morgan fingerprint density at radius 2 is 1.77 bits per heavy atom. The highest BCUT2D eigenvalue weighted by Gasteiger charge is 2.28. The van der Waals surface area contributed by atoms with Crippen molar-refractivity contribution in [1.29, 1.82) is 0 Å². The molecule has 2 aromatic heterocycles. The highest BCUT2D eigenvalue weighted by molar-refractivity contribution is 6.02. The Labute approximate surface area is 185 Å². The topological polar surface area (TPSA) is 60.9 Å². The molecule has 4 rings (SSSR count). The Bertz CT molecular complexity index is 1060. The number of aromatic nitrogens is 2. The monoisotopic (exact) mass is 417 g/mol. The number of primary amides is 1. The maximum Gasteiger partial charge on any atom is 0.251 e. The van der Waals surface area contributed by atoms with Gasteiger partial charge in [-0.2, -0.15) is 0 Å². The number of para-hydroxylation sites is 1. The lowest BCUT2D eigenvalue weighted by molar-refractivity contribution is 0.1000. The van der Waals surface area contributed by atoms with Crippen LogP contribution in [0.25, 0.3) is 22.2 Å². The lowest BCUT2D eigenvalue weighted by Gasteiger charge is -2.26. The third kappa shape index (κ3) is 4.39. The molecule has 1 aliphatic rings. The Kier molecular flexibility index (Phi) is 6.74. The average molecular weight is 418 g/mol. The first kappa shape index (κ1) is 21.6. The second kappa shape index (κ2) is 9.67. The number of carbonyl (C=O) groups excluding carboxylic acids is 1. The first-order valence-corrected chi connectivity index (χ1v) is 12.0. The molecule has 31 heavy (non-hydrogen) atoms. The fraction of sp³-hybridized carbons (Fsp3) is 0.481. The van der Waals surface area contributed by atoms with Gasteiger partial charge in [-0.05, 0) is 44.7 Å². The van der Waals surface area contributed by atoms with E-state index in [0.29, 0.717) is 11.6 Å². The summed E-state index contributed by atoms with van der Waals surface area (Å²) in [4.78, 5) is 17.7. The number of carbonyl (C=O) groups is 1. The molecule has 0 radical (unpaired) electrons. The van der Waals surface area contributed by atoms with Crippen molar-refractivity contribution < 1.29 is 4.79 Å². The van der Waals surface area contributed by atoms with Gasteiger partial charge in [0, 0.05) is 28.4 Å². The van der Waals surface area contributed by atoms with Crippen LogP contribution in [0, 0.1) is 6.92 Å². The molecular weight excluding hydrogens is 382 g/mol. The number of unbranched alkanes of at least 4 members (excludes halogenated alkanes) is 1. The van der Waals surface area contributed by atoms with E-state index in [0.717, 1.165) is 47.1 Å². The van der Waals surface area contributed by atoms with Gasteiger partial charge in [-0.15, -0.1) is 0 Å². The van der Waals surface area contributed by atoms with Crippen LogP contribution in [0.4, 0.5) is 0 Å². The van der Waals surface area contributed by atoms with Crippen LogP contribution in [-0.4, -0.2) is 15.5 Å². The largest absolute Gasteiger partial charge is 0.366 e. The first-order valence-electron chi connectivity index (χ1n) is 12.0. The van der Waals surface area contributed by atoms with Crippen LogP contribution in [0.3, 0.4) is 0 Å². The van der Waals surface area contributed by atoms with Crippen molar-refractivity contribution in [2.75, 3.05) is 0 Å². The molecule has 0 unspecified atom stereocenters. The lowest BCUT2D eigenvalue weighted by atomic mass is 9.96. The number of pyridine rings is 1. The number of rotatable bonds is 6.